The number of hydrogen-bond donors (Lipinski definition) is 1. The molecule has 0 bridgehead atoms. The molecule has 1 N–H and O–H groups in total. The highest BCUT2D eigenvalue weighted by molar-refractivity contribution is 9.10. The van der Waals surface area contributed by atoms with Gasteiger partial charge in [-0.15, -0.1) is 0 Å². The second-order valence-electron chi connectivity index (χ2n) is 4.74. The molecule has 0 aliphatic carbocycles. The highest BCUT2D eigenvalue weighted by Gasteiger charge is 2.28. The zero-order valence-corrected chi connectivity index (χ0v) is 13.6. The molecule has 0 atom stereocenters. The molecule has 3 nitrogen and oxygen atoms in total. The molecule has 0 saturated heterocycles. The summed E-state index contributed by atoms with van der Waals surface area (Å²) in [4.78, 5) is 16.7. The molecule has 2 aromatic rings. The summed E-state index contributed by atoms with van der Waals surface area (Å²) < 4.78 is 0.938. The first-order valence-electron chi connectivity index (χ1n) is 6.57. The molecule has 0 fully saturated rings. The van der Waals surface area contributed by atoms with E-state index in [2.05, 4.69) is 33.2 Å². The minimum atomic E-state index is -0.183. The van der Waals surface area contributed by atoms with Gasteiger partial charge in [-0.1, -0.05) is 40.5 Å². The number of nitrogens with zero attached hydrogens (tertiary/aromatic N) is 1. The SMILES string of the molecule is CCc1cc(Br)cc2c1NC(=O)C2=Nc1cccc(Cl)c1. The molecule has 0 unspecified atom stereocenters. The van der Waals surface area contributed by atoms with Crippen LogP contribution in [0.15, 0.2) is 45.9 Å². The Labute approximate surface area is 136 Å². The Morgan fingerprint density at radius 3 is 2.81 bits per heavy atom. The van der Waals surface area contributed by atoms with E-state index < -0.39 is 0 Å². The van der Waals surface area contributed by atoms with Crippen LogP contribution in [-0.4, -0.2) is 11.6 Å². The van der Waals surface area contributed by atoms with Crippen molar-refractivity contribution < 1.29 is 4.79 Å². The van der Waals surface area contributed by atoms with Crippen LogP contribution in [0.3, 0.4) is 0 Å². The lowest BCUT2D eigenvalue weighted by Gasteiger charge is -2.06. The van der Waals surface area contributed by atoms with Crippen molar-refractivity contribution in [2.45, 2.75) is 13.3 Å². The quantitative estimate of drug-likeness (QED) is 0.823. The van der Waals surface area contributed by atoms with Gasteiger partial charge in [-0.2, -0.15) is 0 Å². The lowest BCUT2D eigenvalue weighted by molar-refractivity contribution is -0.110. The number of halogens is 2. The molecule has 0 radical (unpaired) electrons. The number of rotatable bonds is 2. The van der Waals surface area contributed by atoms with Gasteiger partial charge >= 0.3 is 0 Å². The van der Waals surface area contributed by atoms with Crippen LogP contribution in [0, 0.1) is 0 Å². The summed E-state index contributed by atoms with van der Waals surface area (Å²) >= 11 is 9.45. The molecule has 1 amide bonds. The highest BCUT2D eigenvalue weighted by Crippen LogP contribution is 2.33. The van der Waals surface area contributed by atoms with Crippen LogP contribution in [0.4, 0.5) is 11.4 Å². The Morgan fingerprint density at radius 1 is 1.29 bits per heavy atom. The van der Waals surface area contributed by atoms with Crippen LogP contribution < -0.4 is 5.32 Å². The monoisotopic (exact) mass is 362 g/mol. The van der Waals surface area contributed by atoms with Gasteiger partial charge in [-0.3, -0.25) is 4.79 Å². The standard InChI is InChI=1S/C16H12BrClN2O/c1-2-9-6-10(17)7-13-14(9)20-16(21)15(13)19-12-5-3-4-11(18)8-12/h3-8H,2H2,1H3,(H,19,20,21). The van der Waals surface area contributed by atoms with Crippen molar-refractivity contribution in [3.8, 4) is 0 Å². The maximum atomic E-state index is 12.2. The Morgan fingerprint density at radius 2 is 2.10 bits per heavy atom. The molecule has 0 aromatic heterocycles. The first kappa shape index (κ1) is 14.3. The van der Waals surface area contributed by atoms with Crippen molar-refractivity contribution in [2.75, 3.05) is 5.32 Å². The predicted octanol–water partition coefficient (Wildman–Crippen LogP) is 4.74. The topological polar surface area (TPSA) is 41.5 Å². The van der Waals surface area contributed by atoms with Gasteiger partial charge in [0.25, 0.3) is 5.91 Å². The van der Waals surface area contributed by atoms with E-state index in [0.717, 1.165) is 27.7 Å². The zero-order chi connectivity index (χ0) is 15.0. The lowest BCUT2D eigenvalue weighted by Crippen LogP contribution is -2.14. The fourth-order valence-electron chi connectivity index (χ4n) is 2.36. The third-order valence-electron chi connectivity index (χ3n) is 3.32. The van der Waals surface area contributed by atoms with Gasteiger partial charge in [0.15, 0.2) is 0 Å². The third kappa shape index (κ3) is 2.74. The van der Waals surface area contributed by atoms with Crippen LogP contribution in [0.1, 0.15) is 18.1 Å². The van der Waals surface area contributed by atoms with Crippen molar-refractivity contribution in [3.63, 3.8) is 0 Å². The van der Waals surface area contributed by atoms with Crippen LogP contribution in [0.25, 0.3) is 0 Å². The van der Waals surface area contributed by atoms with Crippen molar-refractivity contribution in [1.82, 2.24) is 0 Å². The molecule has 1 aliphatic rings. The van der Waals surface area contributed by atoms with Crippen molar-refractivity contribution in [3.05, 3.63) is 57.0 Å². The van der Waals surface area contributed by atoms with Crippen LogP contribution in [0.2, 0.25) is 5.02 Å². The van der Waals surface area contributed by atoms with E-state index in [1.807, 2.05) is 24.3 Å². The van der Waals surface area contributed by atoms with E-state index in [4.69, 9.17) is 11.6 Å². The largest absolute Gasteiger partial charge is 0.320 e. The van der Waals surface area contributed by atoms with Gasteiger partial charge in [0, 0.05) is 15.1 Å². The number of amides is 1. The second-order valence-corrected chi connectivity index (χ2v) is 6.09. The smallest absolute Gasteiger partial charge is 0.275 e. The van der Waals surface area contributed by atoms with Gasteiger partial charge in [-0.05, 0) is 42.3 Å². The summed E-state index contributed by atoms with van der Waals surface area (Å²) in [5, 5.41) is 3.50. The van der Waals surface area contributed by atoms with E-state index in [0.29, 0.717) is 16.4 Å². The summed E-state index contributed by atoms with van der Waals surface area (Å²) in [6.07, 6.45) is 0.840. The number of nitrogens with one attached hydrogen (secondary N) is 1. The fourth-order valence-corrected chi connectivity index (χ4v) is 3.05. The number of aryl methyl sites for hydroxylation is 1. The van der Waals surface area contributed by atoms with E-state index in [-0.39, 0.29) is 5.91 Å². The number of benzene rings is 2. The van der Waals surface area contributed by atoms with E-state index in [1.54, 1.807) is 12.1 Å². The lowest BCUT2D eigenvalue weighted by atomic mass is 10.0. The van der Waals surface area contributed by atoms with Crippen LogP contribution in [-0.2, 0) is 11.2 Å². The van der Waals surface area contributed by atoms with Crippen LogP contribution in [0.5, 0.6) is 0 Å². The summed E-state index contributed by atoms with van der Waals surface area (Å²) in [6.45, 7) is 2.06. The highest BCUT2D eigenvalue weighted by atomic mass is 79.9. The number of anilines is 1. The van der Waals surface area contributed by atoms with Crippen molar-refractivity contribution >= 4 is 50.5 Å². The summed E-state index contributed by atoms with van der Waals surface area (Å²) in [5.74, 6) is -0.183. The molecule has 5 heteroatoms. The van der Waals surface area contributed by atoms with Gasteiger partial charge in [0.05, 0.1) is 11.4 Å². The first-order valence-corrected chi connectivity index (χ1v) is 7.74. The van der Waals surface area contributed by atoms with Gasteiger partial charge in [0.2, 0.25) is 0 Å². The normalized spacial score (nSPS) is 15.2. The molecule has 0 spiro atoms. The van der Waals surface area contributed by atoms with Gasteiger partial charge in [0.1, 0.15) is 5.71 Å². The molecule has 3 rings (SSSR count). The minimum Gasteiger partial charge on any atom is -0.320 e. The fraction of sp³-hybridized carbons (Fsp3) is 0.125. The molecule has 1 heterocycles. The molecule has 0 saturated carbocycles. The minimum absolute atomic E-state index is 0.183. The molecule has 21 heavy (non-hydrogen) atoms. The number of carbonyl (C=O) groups excluding carboxylic acids is 1. The maximum Gasteiger partial charge on any atom is 0.275 e. The van der Waals surface area contributed by atoms with E-state index in [1.165, 1.54) is 0 Å². The maximum absolute atomic E-state index is 12.2. The zero-order valence-electron chi connectivity index (χ0n) is 11.3. The average Bonchev–Trinajstić information content (AvgIpc) is 2.75. The van der Waals surface area contributed by atoms with Crippen LogP contribution >= 0.6 is 27.5 Å². The molecule has 2 aromatic carbocycles. The van der Waals surface area contributed by atoms with Crippen molar-refractivity contribution in [1.29, 1.82) is 0 Å². The predicted molar refractivity (Wildman–Crippen MR) is 89.8 cm³/mol. The molecular formula is C16H12BrClN2O. The molecule has 1 aliphatic heterocycles. The Hall–Kier alpha value is -1.65. The average molecular weight is 364 g/mol. The third-order valence-corrected chi connectivity index (χ3v) is 4.02. The first-order chi connectivity index (χ1) is 10.1. The van der Waals surface area contributed by atoms with Crippen molar-refractivity contribution in [2.24, 2.45) is 4.99 Å². The number of fused-ring (bicyclic) bond motifs is 1. The summed E-state index contributed by atoms with van der Waals surface area (Å²) in [5.41, 5.74) is 3.85. The summed E-state index contributed by atoms with van der Waals surface area (Å²) in [7, 11) is 0. The number of hydrogen-bond acceptors (Lipinski definition) is 2. The Bertz CT molecular complexity index is 771. The number of aliphatic imine (C=N–C) groups is 1. The number of carbonyl (C=O) groups is 1. The van der Waals surface area contributed by atoms with E-state index >= 15 is 0 Å². The van der Waals surface area contributed by atoms with Gasteiger partial charge < -0.3 is 5.32 Å². The van der Waals surface area contributed by atoms with E-state index in [9.17, 15) is 4.79 Å². The van der Waals surface area contributed by atoms with Gasteiger partial charge in [-0.25, -0.2) is 4.99 Å². The Kier molecular flexibility index (Phi) is 3.83. The summed E-state index contributed by atoms with van der Waals surface area (Å²) in [6, 6.07) is 11.1. The second kappa shape index (κ2) is 5.62. The molecule has 106 valence electrons. The molecular weight excluding hydrogens is 352 g/mol. The Balaban J connectivity index is 2.15.